The van der Waals surface area contributed by atoms with Crippen molar-refractivity contribution in [3.63, 3.8) is 0 Å². The third-order valence-electron chi connectivity index (χ3n) is 3.94. The van der Waals surface area contributed by atoms with Gasteiger partial charge in [0.05, 0.1) is 11.4 Å². The van der Waals surface area contributed by atoms with Crippen LogP contribution in [0.3, 0.4) is 0 Å². The largest absolute Gasteiger partial charge is 0.455 e. The highest BCUT2D eigenvalue weighted by atomic mass is 79.9. The number of para-hydroxylation sites is 1. The fourth-order valence-corrected chi connectivity index (χ4v) is 3.23. The predicted molar refractivity (Wildman–Crippen MR) is 101 cm³/mol. The van der Waals surface area contributed by atoms with E-state index in [1.165, 1.54) is 0 Å². The number of fused-ring (bicyclic) bond motifs is 1. The quantitative estimate of drug-likeness (QED) is 0.414. The second kappa shape index (κ2) is 7.10. The van der Waals surface area contributed by atoms with Crippen molar-refractivity contribution in [1.29, 1.82) is 0 Å². The zero-order valence-electron chi connectivity index (χ0n) is 13.7. The van der Waals surface area contributed by atoms with Crippen molar-refractivity contribution in [1.82, 2.24) is 0 Å². The van der Waals surface area contributed by atoms with Gasteiger partial charge >= 0.3 is 0 Å². The molecule has 0 fully saturated rings. The maximum absolute atomic E-state index is 12.6. The van der Waals surface area contributed by atoms with Gasteiger partial charge in [-0.1, -0.05) is 12.1 Å². The number of aryl methyl sites for hydroxylation is 1. The van der Waals surface area contributed by atoms with E-state index in [2.05, 4.69) is 31.4 Å². The second-order valence-electron chi connectivity index (χ2n) is 5.71. The molecule has 7 nitrogen and oxygen atoms in total. The summed E-state index contributed by atoms with van der Waals surface area (Å²) >= 11 is 3.41. The number of benzene rings is 1. The van der Waals surface area contributed by atoms with E-state index in [0.717, 1.165) is 46.3 Å². The van der Waals surface area contributed by atoms with Gasteiger partial charge in [0.2, 0.25) is 5.96 Å². The van der Waals surface area contributed by atoms with Crippen LogP contribution in [0.1, 0.15) is 40.3 Å². The van der Waals surface area contributed by atoms with Gasteiger partial charge in [0.25, 0.3) is 5.91 Å². The van der Waals surface area contributed by atoms with Crippen molar-refractivity contribution in [2.75, 3.05) is 5.32 Å². The fraction of sp³-hybridized carbons (Fsp3) is 0.235. The summed E-state index contributed by atoms with van der Waals surface area (Å²) in [6.07, 6.45) is 2.35. The van der Waals surface area contributed by atoms with Gasteiger partial charge in [-0.2, -0.15) is 5.10 Å². The molecule has 0 spiro atoms. The number of anilines is 1. The molecule has 0 saturated heterocycles. The maximum atomic E-state index is 12.6. The summed E-state index contributed by atoms with van der Waals surface area (Å²) in [6.45, 7) is 1.84. The number of hydrogen-bond acceptors (Lipinski definition) is 4. The zero-order chi connectivity index (χ0) is 18.0. The van der Waals surface area contributed by atoms with E-state index in [1.807, 2.05) is 31.2 Å². The summed E-state index contributed by atoms with van der Waals surface area (Å²) in [7, 11) is 0. The van der Waals surface area contributed by atoms with Crippen molar-refractivity contribution in [3.05, 3.63) is 51.4 Å². The molecule has 0 saturated carbocycles. The number of nitrogens with one attached hydrogen (secondary N) is 1. The van der Waals surface area contributed by atoms with E-state index in [-0.39, 0.29) is 17.6 Å². The van der Waals surface area contributed by atoms with Crippen LogP contribution >= 0.6 is 15.9 Å². The van der Waals surface area contributed by atoms with Gasteiger partial charge in [-0.15, -0.1) is 5.10 Å². The van der Waals surface area contributed by atoms with Gasteiger partial charge in [0.15, 0.2) is 5.76 Å². The highest BCUT2D eigenvalue weighted by molar-refractivity contribution is 9.10. The van der Waals surface area contributed by atoms with Crippen LogP contribution in [0, 0.1) is 6.92 Å². The number of hydrogen-bond donors (Lipinski definition) is 3. The van der Waals surface area contributed by atoms with Crippen LogP contribution in [0.15, 0.2) is 43.4 Å². The van der Waals surface area contributed by atoms with E-state index in [0.29, 0.717) is 5.69 Å². The molecule has 2 aromatic rings. The first kappa shape index (κ1) is 17.2. The van der Waals surface area contributed by atoms with E-state index in [1.54, 1.807) is 0 Å². The van der Waals surface area contributed by atoms with E-state index in [4.69, 9.17) is 15.9 Å². The summed E-state index contributed by atoms with van der Waals surface area (Å²) in [5.74, 6) is 0.610. The van der Waals surface area contributed by atoms with Crippen LogP contribution < -0.4 is 16.8 Å². The molecule has 3 rings (SSSR count). The average Bonchev–Trinajstić information content (AvgIpc) is 2.93. The molecule has 25 heavy (non-hydrogen) atoms. The Morgan fingerprint density at radius 3 is 2.76 bits per heavy atom. The Balaban J connectivity index is 1.95. The van der Waals surface area contributed by atoms with Crippen LogP contribution in [0.25, 0.3) is 0 Å². The number of nitrogens with two attached hydrogens (primary N) is 2. The summed E-state index contributed by atoms with van der Waals surface area (Å²) in [4.78, 5) is 12.6. The number of amides is 1. The third kappa shape index (κ3) is 3.58. The zero-order valence-corrected chi connectivity index (χ0v) is 15.3. The maximum Gasteiger partial charge on any atom is 0.291 e. The summed E-state index contributed by atoms with van der Waals surface area (Å²) in [5.41, 5.74) is 13.7. The molecule has 8 heteroatoms. The number of halogens is 1. The SMILES string of the molecule is Cc1c(C(=O)Nc2ccccc2Br)oc2c1/C(=N/N=C(N)N)CCC2. The van der Waals surface area contributed by atoms with Crippen molar-refractivity contribution < 1.29 is 9.21 Å². The molecular formula is C17H18BrN5O2. The Kier molecular flexibility index (Phi) is 4.89. The normalized spacial score (nSPS) is 14.9. The van der Waals surface area contributed by atoms with Gasteiger partial charge in [-0.3, -0.25) is 4.79 Å². The molecular weight excluding hydrogens is 386 g/mol. The minimum Gasteiger partial charge on any atom is -0.455 e. The van der Waals surface area contributed by atoms with Gasteiger partial charge in [0.1, 0.15) is 5.76 Å². The number of nitrogens with zero attached hydrogens (tertiary/aromatic N) is 2. The Morgan fingerprint density at radius 2 is 2.04 bits per heavy atom. The topological polar surface area (TPSA) is 119 Å². The minimum atomic E-state index is -0.306. The molecule has 1 amide bonds. The van der Waals surface area contributed by atoms with Gasteiger partial charge < -0.3 is 21.2 Å². The van der Waals surface area contributed by atoms with Crippen LogP contribution in [-0.2, 0) is 6.42 Å². The molecule has 1 aliphatic carbocycles. The van der Waals surface area contributed by atoms with Gasteiger partial charge in [-0.05, 0) is 47.8 Å². The number of carbonyl (C=O) groups is 1. The Morgan fingerprint density at radius 1 is 1.28 bits per heavy atom. The van der Waals surface area contributed by atoms with Crippen molar-refractivity contribution in [2.45, 2.75) is 26.2 Å². The predicted octanol–water partition coefficient (Wildman–Crippen LogP) is 2.92. The lowest BCUT2D eigenvalue weighted by molar-refractivity contribution is 0.0994. The lowest BCUT2D eigenvalue weighted by atomic mass is 9.93. The number of furan rings is 1. The Hall–Kier alpha value is -2.61. The molecule has 1 aromatic carbocycles. The number of guanidine groups is 1. The molecule has 5 N–H and O–H groups in total. The lowest BCUT2D eigenvalue weighted by Crippen LogP contribution is -2.22. The summed E-state index contributed by atoms with van der Waals surface area (Å²) in [5, 5.41) is 10.7. The van der Waals surface area contributed by atoms with E-state index < -0.39 is 0 Å². The monoisotopic (exact) mass is 403 g/mol. The van der Waals surface area contributed by atoms with Gasteiger partial charge in [-0.25, -0.2) is 0 Å². The van der Waals surface area contributed by atoms with Crippen LogP contribution in [0.2, 0.25) is 0 Å². The highest BCUT2D eigenvalue weighted by Gasteiger charge is 2.28. The number of rotatable bonds is 3. The molecule has 1 aromatic heterocycles. The van der Waals surface area contributed by atoms with Crippen LogP contribution in [0.5, 0.6) is 0 Å². The first-order valence-corrected chi connectivity index (χ1v) is 8.60. The Bertz CT molecular complexity index is 881. The van der Waals surface area contributed by atoms with E-state index >= 15 is 0 Å². The van der Waals surface area contributed by atoms with Crippen molar-refractivity contribution in [3.8, 4) is 0 Å². The third-order valence-corrected chi connectivity index (χ3v) is 4.63. The molecule has 0 radical (unpaired) electrons. The molecule has 1 aliphatic rings. The summed E-state index contributed by atoms with van der Waals surface area (Å²) in [6, 6.07) is 7.39. The second-order valence-corrected chi connectivity index (χ2v) is 6.57. The molecule has 0 aliphatic heterocycles. The smallest absolute Gasteiger partial charge is 0.291 e. The first-order chi connectivity index (χ1) is 12.0. The average molecular weight is 404 g/mol. The van der Waals surface area contributed by atoms with Crippen LogP contribution in [0.4, 0.5) is 5.69 Å². The molecule has 0 atom stereocenters. The molecule has 0 bridgehead atoms. The number of carbonyl (C=O) groups excluding carboxylic acids is 1. The minimum absolute atomic E-state index is 0.104. The lowest BCUT2D eigenvalue weighted by Gasteiger charge is -2.11. The van der Waals surface area contributed by atoms with Crippen LogP contribution in [-0.4, -0.2) is 17.6 Å². The summed E-state index contributed by atoms with van der Waals surface area (Å²) < 4.78 is 6.63. The first-order valence-electron chi connectivity index (χ1n) is 7.81. The standard InChI is InChI=1S/C17H18BrN5O2/c1-9-14-12(22-23-17(19)20)7-4-8-13(14)25-15(9)16(24)21-11-6-3-2-5-10(11)18/h2-3,5-6H,4,7-8H2,1H3,(H,21,24)(H4,19,20,23)/b22-12+. The highest BCUT2D eigenvalue weighted by Crippen LogP contribution is 2.31. The molecule has 1 heterocycles. The molecule has 130 valence electrons. The van der Waals surface area contributed by atoms with Gasteiger partial charge in [0, 0.05) is 22.0 Å². The van der Waals surface area contributed by atoms with E-state index in [9.17, 15) is 4.79 Å². The molecule has 0 unspecified atom stereocenters. The Labute approximate surface area is 153 Å². The fourth-order valence-electron chi connectivity index (χ4n) is 2.84. The van der Waals surface area contributed by atoms with Crippen molar-refractivity contribution in [2.24, 2.45) is 21.7 Å². The van der Waals surface area contributed by atoms with Crippen molar-refractivity contribution >= 4 is 39.2 Å².